The van der Waals surface area contributed by atoms with Crippen molar-refractivity contribution in [3.8, 4) is 0 Å². The second-order valence-electron chi connectivity index (χ2n) is 4.68. The van der Waals surface area contributed by atoms with Gasteiger partial charge in [-0.2, -0.15) is 0 Å². The van der Waals surface area contributed by atoms with Gasteiger partial charge in [0, 0.05) is 27.0 Å². The fraction of sp³-hybridized carbons (Fsp3) is 0.267. The van der Waals surface area contributed by atoms with E-state index in [4.69, 9.17) is 18.0 Å². The van der Waals surface area contributed by atoms with Gasteiger partial charge in [-0.25, -0.2) is 0 Å². The summed E-state index contributed by atoms with van der Waals surface area (Å²) in [5, 5.41) is 3.50. The summed E-state index contributed by atoms with van der Waals surface area (Å²) in [6.07, 6.45) is 0. The molecule has 4 heteroatoms. The SMILES string of the molecule is Cc1cc(C(C)Nc2ccc(C(N)=S)cc2)c(C)s1. The summed E-state index contributed by atoms with van der Waals surface area (Å²) in [6.45, 7) is 6.49. The van der Waals surface area contributed by atoms with E-state index in [2.05, 4.69) is 32.2 Å². The summed E-state index contributed by atoms with van der Waals surface area (Å²) in [4.78, 5) is 3.16. The lowest BCUT2D eigenvalue weighted by atomic mass is 10.1. The Hall–Kier alpha value is -1.39. The molecule has 2 nitrogen and oxygen atoms in total. The first kappa shape index (κ1) is 14.0. The van der Waals surface area contributed by atoms with Crippen LogP contribution >= 0.6 is 23.6 Å². The van der Waals surface area contributed by atoms with E-state index in [1.165, 1.54) is 15.3 Å². The van der Waals surface area contributed by atoms with E-state index in [1.54, 1.807) is 0 Å². The summed E-state index contributed by atoms with van der Waals surface area (Å²) in [5.41, 5.74) is 8.93. The maximum absolute atomic E-state index is 5.59. The highest BCUT2D eigenvalue weighted by Gasteiger charge is 2.11. The lowest BCUT2D eigenvalue weighted by molar-refractivity contribution is 0.882. The second-order valence-corrected chi connectivity index (χ2v) is 6.58. The van der Waals surface area contributed by atoms with E-state index in [9.17, 15) is 0 Å². The van der Waals surface area contributed by atoms with Gasteiger partial charge in [0.2, 0.25) is 0 Å². The summed E-state index contributed by atoms with van der Waals surface area (Å²) in [5.74, 6) is 0. The quantitative estimate of drug-likeness (QED) is 0.830. The Kier molecular flexibility index (Phi) is 4.22. The number of aryl methyl sites for hydroxylation is 2. The molecule has 0 saturated heterocycles. The van der Waals surface area contributed by atoms with Gasteiger partial charge in [0.15, 0.2) is 0 Å². The number of nitrogens with one attached hydrogen (secondary N) is 1. The first-order valence-electron chi connectivity index (χ1n) is 6.20. The maximum atomic E-state index is 5.59. The zero-order valence-electron chi connectivity index (χ0n) is 11.4. The van der Waals surface area contributed by atoms with Gasteiger partial charge in [-0.1, -0.05) is 12.2 Å². The predicted molar refractivity (Wildman–Crippen MR) is 88.2 cm³/mol. The molecule has 1 atom stereocenters. The molecular formula is C15H18N2S2. The van der Waals surface area contributed by atoms with Gasteiger partial charge in [-0.05, 0) is 56.7 Å². The molecule has 1 heterocycles. The van der Waals surface area contributed by atoms with Crippen molar-refractivity contribution in [2.75, 3.05) is 5.32 Å². The van der Waals surface area contributed by atoms with Crippen molar-refractivity contribution in [1.82, 2.24) is 0 Å². The Balaban J connectivity index is 2.12. The van der Waals surface area contributed by atoms with Crippen LogP contribution < -0.4 is 11.1 Å². The van der Waals surface area contributed by atoms with Gasteiger partial charge >= 0.3 is 0 Å². The molecule has 3 N–H and O–H groups in total. The number of benzene rings is 1. The van der Waals surface area contributed by atoms with Crippen LogP contribution in [0.4, 0.5) is 5.69 Å². The third kappa shape index (κ3) is 3.33. The van der Waals surface area contributed by atoms with Crippen LogP contribution in [-0.4, -0.2) is 4.99 Å². The van der Waals surface area contributed by atoms with E-state index in [0.29, 0.717) is 11.0 Å². The standard InChI is InChI=1S/C15H18N2S2/c1-9-8-14(11(3)19-9)10(2)17-13-6-4-12(5-7-13)15(16)18/h4-8,10,17H,1-3H3,(H2,16,18). The molecule has 0 aliphatic rings. The number of thiocarbonyl (C=S) groups is 1. The lowest BCUT2D eigenvalue weighted by Crippen LogP contribution is -2.10. The fourth-order valence-corrected chi connectivity index (χ4v) is 3.30. The molecule has 1 unspecified atom stereocenters. The van der Waals surface area contributed by atoms with E-state index < -0.39 is 0 Å². The van der Waals surface area contributed by atoms with Crippen LogP contribution in [0.15, 0.2) is 30.3 Å². The van der Waals surface area contributed by atoms with Crippen LogP contribution in [-0.2, 0) is 0 Å². The summed E-state index contributed by atoms with van der Waals surface area (Å²) in [7, 11) is 0. The number of anilines is 1. The number of nitrogens with two attached hydrogens (primary N) is 1. The van der Waals surface area contributed by atoms with Gasteiger partial charge in [-0.3, -0.25) is 0 Å². The molecule has 0 saturated carbocycles. The van der Waals surface area contributed by atoms with Crippen LogP contribution in [0.3, 0.4) is 0 Å². The van der Waals surface area contributed by atoms with Crippen LogP contribution in [0.5, 0.6) is 0 Å². The summed E-state index contributed by atoms with van der Waals surface area (Å²) in [6, 6.07) is 10.5. The highest BCUT2D eigenvalue weighted by molar-refractivity contribution is 7.80. The number of thiophene rings is 1. The van der Waals surface area contributed by atoms with Gasteiger partial charge in [0.1, 0.15) is 4.99 Å². The van der Waals surface area contributed by atoms with Crippen LogP contribution in [0.1, 0.15) is 33.8 Å². The maximum Gasteiger partial charge on any atom is 0.103 e. The van der Waals surface area contributed by atoms with Crippen molar-refractivity contribution in [3.63, 3.8) is 0 Å². The highest BCUT2D eigenvalue weighted by Crippen LogP contribution is 2.28. The van der Waals surface area contributed by atoms with E-state index >= 15 is 0 Å². The molecule has 0 bridgehead atoms. The number of hydrogen-bond acceptors (Lipinski definition) is 3. The largest absolute Gasteiger partial charge is 0.389 e. The average molecular weight is 290 g/mol. The second kappa shape index (κ2) is 5.72. The molecule has 2 rings (SSSR count). The fourth-order valence-electron chi connectivity index (χ4n) is 2.14. The Morgan fingerprint density at radius 2 is 1.89 bits per heavy atom. The van der Waals surface area contributed by atoms with Crippen LogP contribution in [0.25, 0.3) is 0 Å². The molecule has 1 aromatic heterocycles. The number of hydrogen-bond donors (Lipinski definition) is 2. The Bertz CT molecular complexity index is 585. The first-order valence-corrected chi connectivity index (χ1v) is 7.43. The zero-order valence-corrected chi connectivity index (χ0v) is 13.0. The van der Waals surface area contributed by atoms with Crippen molar-refractivity contribution in [2.24, 2.45) is 5.73 Å². The zero-order chi connectivity index (χ0) is 14.0. The molecule has 1 aromatic carbocycles. The van der Waals surface area contributed by atoms with Gasteiger partial charge in [0.25, 0.3) is 0 Å². The topological polar surface area (TPSA) is 38.0 Å². The molecular weight excluding hydrogens is 272 g/mol. The average Bonchev–Trinajstić information content (AvgIpc) is 2.69. The summed E-state index contributed by atoms with van der Waals surface area (Å²) >= 11 is 6.79. The first-order chi connectivity index (χ1) is 8.97. The van der Waals surface area contributed by atoms with Crippen molar-refractivity contribution in [2.45, 2.75) is 26.8 Å². The van der Waals surface area contributed by atoms with Crippen molar-refractivity contribution < 1.29 is 0 Å². The molecule has 2 aromatic rings. The normalized spacial score (nSPS) is 12.2. The molecule has 0 aliphatic heterocycles. The van der Waals surface area contributed by atoms with Crippen molar-refractivity contribution in [1.29, 1.82) is 0 Å². The lowest BCUT2D eigenvalue weighted by Gasteiger charge is -2.15. The monoisotopic (exact) mass is 290 g/mol. The van der Waals surface area contributed by atoms with Crippen molar-refractivity contribution in [3.05, 3.63) is 51.2 Å². The molecule has 0 amide bonds. The third-order valence-electron chi connectivity index (χ3n) is 3.10. The van der Waals surface area contributed by atoms with Gasteiger partial charge in [0.05, 0.1) is 0 Å². The van der Waals surface area contributed by atoms with E-state index in [-0.39, 0.29) is 0 Å². The Morgan fingerprint density at radius 1 is 1.26 bits per heavy atom. The van der Waals surface area contributed by atoms with E-state index in [1.807, 2.05) is 35.6 Å². The predicted octanol–water partition coefficient (Wildman–Crippen LogP) is 4.17. The minimum atomic E-state index is 0.292. The molecule has 0 radical (unpaired) electrons. The van der Waals surface area contributed by atoms with Crippen LogP contribution in [0, 0.1) is 13.8 Å². The summed E-state index contributed by atoms with van der Waals surface area (Å²) < 4.78 is 0. The minimum Gasteiger partial charge on any atom is -0.389 e. The van der Waals surface area contributed by atoms with Gasteiger partial charge < -0.3 is 11.1 Å². The number of rotatable bonds is 4. The Labute approximate surface area is 123 Å². The van der Waals surface area contributed by atoms with Crippen molar-refractivity contribution >= 4 is 34.2 Å². The third-order valence-corrected chi connectivity index (χ3v) is 4.32. The van der Waals surface area contributed by atoms with Gasteiger partial charge in [-0.15, -0.1) is 11.3 Å². The highest BCUT2D eigenvalue weighted by atomic mass is 32.1. The molecule has 0 fully saturated rings. The molecule has 19 heavy (non-hydrogen) atoms. The molecule has 100 valence electrons. The Morgan fingerprint density at radius 3 is 2.37 bits per heavy atom. The molecule has 0 spiro atoms. The van der Waals surface area contributed by atoms with Crippen LogP contribution in [0.2, 0.25) is 0 Å². The minimum absolute atomic E-state index is 0.292. The smallest absolute Gasteiger partial charge is 0.103 e. The molecule has 0 aliphatic carbocycles. The van der Waals surface area contributed by atoms with E-state index in [0.717, 1.165) is 11.3 Å².